The summed E-state index contributed by atoms with van der Waals surface area (Å²) in [7, 11) is 0. The van der Waals surface area contributed by atoms with Crippen molar-refractivity contribution in [3.8, 4) is 0 Å². The van der Waals surface area contributed by atoms with Crippen molar-refractivity contribution < 1.29 is 5.11 Å². The Morgan fingerprint density at radius 2 is 2.50 bits per heavy atom. The Morgan fingerprint density at radius 3 is 3.29 bits per heavy atom. The van der Waals surface area contributed by atoms with E-state index >= 15 is 0 Å². The smallest absolute Gasteiger partial charge is 0.0671 e. The predicted octanol–water partition coefficient (Wildman–Crippen LogP) is 2.98. The van der Waals surface area contributed by atoms with Gasteiger partial charge >= 0.3 is 0 Å². The molecular formula is C13H18O. The third-order valence-corrected chi connectivity index (χ3v) is 3.51. The lowest BCUT2D eigenvalue weighted by Crippen LogP contribution is -2.39. The molecule has 76 valence electrons. The molecule has 1 saturated carbocycles. The molecule has 0 aromatic rings. The first-order valence-electron chi connectivity index (χ1n) is 5.46. The van der Waals surface area contributed by atoms with Gasteiger partial charge in [0.1, 0.15) is 0 Å². The zero-order valence-electron chi connectivity index (χ0n) is 8.58. The molecule has 0 heterocycles. The van der Waals surface area contributed by atoms with Crippen LogP contribution in [0.15, 0.2) is 36.5 Å². The topological polar surface area (TPSA) is 20.2 Å². The van der Waals surface area contributed by atoms with E-state index in [-0.39, 0.29) is 11.5 Å². The fraction of sp³-hybridized carbons (Fsp3) is 0.538. The lowest BCUT2D eigenvalue weighted by molar-refractivity contribution is 0.0551. The van der Waals surface area contributed by atoms with Crippen molar-refractivity contribution in [2.45, 2.75) is 38.2 Å². The summed E-state index contributed by atoms with van der Waals surface area (Å²) in [6.45, 7) is 3.80. The van der Waals surface area contributed by atoms with E-state index in [1.165, 1.54) is 5.57 Å². The van der Waals surface area contributed by atoms with E-state index in [1.807, 2.05) is 6.08 Å². The van der Waals surface area contributed by atoms with E-state index < -0.39 is 0 Å². The molecule has 0 aliphatic heterocycles. The van der Waals surface area contributed by atoms with Crippen molar-refractivity contribution in [1.82, 2.24) is 0 Å². The van der Waals surface area contributed by atoms with Gasteiger partial charge in [0.25, 0.3) is 0 Å². The molecule has 0 spiro atoms. The van der Waals surface area contributed by atoms with Gasteiger partial charge in [-0.1, -0.05) is 29.9 Å². The maximum atomic E-state index is 10.1. The van der Waals surface area contributed by atoms with Gasteiger partial charge in [-0.05, 0) is 32.1 Å². The average Bonchev–Trinajstić information content (AvgIpc) is 2.20. The monoisotopic (exact) mass is 190 g/mol. The fourth-order valence-electron chi connectivity index (χ4n) is 2.76. The first-order valence-corrected chi connectivity index (χ1v) is 5.46. The molecule has 2 rings (SSSR count). The fourth-order valence-corrected chi connectivity index (χ4v) is 2.76. The molecule has 1 nitrogen and oxygen atoms in total. The number of hydrogen-bond acceptors (Lipinski definition) is 1. The first kappa shape index (κ1) is 9.72. The number of fused-ring (bicyclic) bond motifs is 1. The first-order chi connectivity index (χ1) is 6.79. The zero-order valence-corrected chi connectivity index (χ0v) is 8.58. The molecule has 0 radical (unpaired) electrons. The van der Waals surface area contributed by atoms with E-state index in [0.29, 0.717) is 0 Å². The summed E-state index contributed by atoms with van der Waals surface area (Å²) >= 11 is 0. The van der Waals surface area contributed by atoms with Crippen molar-refractivity contribution in [3.05, 3.63) is 36.5 Å². The Hall–Kier alpha value is -0.820. The summed E-state index contributed by atoms with van der Waals surface area (Å²) in [5.74, 6) is 0. The van der Waals surface area contributed by atoms with Crippen molar-refractivity contribution in [2.75, 3.05) is 0 Å². The van der Waals surface area contributed by atoms with E-state index in [4.69, 9.17) is 0 Å². The summed E-state index contributed by atoms with van der Waals surface area (Å²) in [5, 5.41) is 10.1. The lowest BCUT2D eigenvalue weighted by Gasteiger charge is -2.42. The summed E-state index contributed by atoms with van der Waals surface area (Å²) in [6, 6.07) is 0. The number of aliphatic hydroxyl groups excluding tert-OH is 1. The molecular weight excluding hydrogens is 172 g/mol. The van der Waals surface area contributed by atoms with Gasteiger partial charge in [0.15, 0.2) is 0 Å². The van der Waals surface area contributed by atoms with Crippen LogP contribution in [0.25, 0.3) is 0 Å². The molecule has 0 aromatic heterocycles. The minimum Gasteiger partial charge on any atom is -0.392 e. The second kappa shape index (κ2) is 3.74. The van der Waals surface area contributed by atoms with Gasteiger partial charge < -0.3 is 5.11 Å². The summed E-state index contributed by atoms with van der Waals surface area (Å²) < 4.78 is 0. The van der Waals surface area contributed by atoms with Crippen LogP contribution in [0.2, 0.25) is 0 Å². The molecule has 2 aliphatic rings. The maximum Gasteiger partial charge on any atom is 0.0671 e. The normalized spacial score (nSPS) is 36.1. The van der Waals surface area contributed by atoms with Gasteiger partial charge in [0.05, 0.1) is 6.10 Å². The summed E-state index contributed by atoms with van der Waals surface area (Å²) in [4.78, 5) is 0. The molecule has 1 heteroatoms. The summed E-state index contributed by atoms with van der Waals surface area (Å²) in [5.41, 5.74) is 1.33. The molecule has 0 bridgehead atoms. The van der Waals surface area contributed by atoms with Crippen molar-refractivity contribution in [2.24, 2.45) is 5.41 Å². The Labute approximate surface area is 85.8 Å². The molecule has 0 unspecified atom stereocenters. The van der Waals surface area contributed by atoms with Crippen LogP contribution in [0.1, 0.15) is 32.1 Å². The van der Waals surface area contributed by atoms with Crippen molar-refractivity contribution in [3.63, 3.8) is 0 Å². The van der Waals surface area contributed by atoms with E-state index in [2.05, 4.69) is 24.8 Å². The van der Waals surface area contributed by atoms with Crippen LogP contribution in [-0.2, 0) is 0 Å². The highest BCUT2D eigenvalue weighted by atomic mass is 16.3. The quantitative estimate of drug-likeness (QED) is 0.664. The molecule has 1 N–H and O–H groups in total. The van der Waals surface area contributed by atoms with Gasteiger partial charge in [0, 0.05) is 5.41 Å². The predicted molar refractivity (Wildman–Crippen MR) is 58.9 cm³/mol. The van der Waals surface area contributed by atoms with Crippen LogP contribution >= 0.6 is 0 Å². The standard InChI is InChI=1S/C13H18O/c1-2-9-13-10-4-3-6-11(13)7-5-8-12(13)14/h2,4,6,10,12,14H,1,3,5,7-9H2/t12-,13+/m1/s1. The molecule has 0 saturated heterocycles. The SMILES string of the molecule is C=CC[C@]12C=CCC=C1CCC[C@H]2O. The minimum absolute atomic E-state index is 0.0990. The third kappa shape index (κ3) is 1.36. The third-order valence-electron chi connectivity index (χ3n) is 3.51. The van der Waals surface area contributed by atoms with E-state index in [1.54, 1.807) is 0 Å². The Morgan fingerprint density at radius 1 is 1.64 bits per heavy atom. The van der Waals surface area contributed by atoms with E-state index in [0.717, 1.165) is 32.1 Å². The van der Waals surface area contributed by atoms with Crippen LogP contribution in [0.4, 0.5) is 0 Å². The van der Waals surface area contributed by atoms with Gasteiger partial charge in [-0.3, -0.25) is 0 Å². The van der Waals surface area contributed by atoms with Crippen LogP contribution in [0.5, 0.6) is 0 Å². The highest BCUT2D eigenvalue weighted by Gasteiger charge is 2.40. The minimum atomic E-state index is -0.211. The number of aliphatic hydroxyl groups is 1. The van der Waals surface area contributed by atoms with Crippen LogP contribution in [-0.4, -0.2) is 11.2 Å². The molecule has 14 heavy (non-hydrogen) atoms. The van der Waals surface area contributed by atoms with Gasteiger partial charge in [-0.2, -0.15) is 0 Å². The van der Waals surface area contributed by atoms with Crippen molar-refractivity contribution in [1.29, 1.82) is 0 Å². The van der Waals surface area contributed by atoms with Gasteiger partial charge in [-0.15, -0.1) is 6.58 Å². The van der Waals surface area contributed by atoms with Gasteiger partial charge in [0.2, 0.25) is 0 Å². The summed E-state index contributed by atoms with van der Waals surface area (Å²) in [6.07, 6.45) is 13.5. The van der Waals surface area contributed by atoms with E-state index in [9.17, 15) is 5.11 Å². The highest BCUT2D eigenvalue weighted by Crippen LogP contribution is 2.47. The van der Waals surface area contributed by atoms with Crippen LogP contribution < -0.4 is 0 Å². The highest BCUT2D eigenvalue weighted by molar-refractivity contribution is 5.32. The average molecular weight is 190 g/mol. The van der Waals surface area contributed by atoms with Gasteiger partial charge in [-0.25, -0.2) is 0 Å². The zero-order chi connectivity index (χ0) is 10.0. The van der Waals surface area contributed by atoms with Crippen LogP contribution in [0.3, 0.4) is 0 Å². The molecule has 1 fully saturated rings. The molecule has 0 aromatic carbocycles. The Bertz CT molecular complexity index is 288. The second-order valence-corrected chi connectivity index (χ2v) is 4.31. The Balaban J connectivity index is 2.35. The number of allylic oxidation sites excluding steroid dienone is 3. The van der Waals surface area contributed by atoms with Crippen molar-refractivity contribution >= 4 is 0 Å². The van der Waals surface area contributed by atoms with Crippen LogP contribution in [0, 0.1) is 5.41 Å². The Kier molecular flexibility index (Phi) is 2.60. The second-order valence-electron chi connectivity index (χ2n) is 4.31. The molecule has 2 aliphatic carbocycles. The number of rotatable bonds is 2. The molecule has 0 amide bonds. The largest absolute Gasteiger partial charge is 0.392 e. The maximum absolute atomic E-state index is 10.1. The lowest BCUT2D eigenvalue weighted by atomic mass is 9.64. The molecule has 2 atom stereocenters. The number of hydrogen-bond donors (Lipinski definition) is 1.